The lowest BCUT2D eigenvalue weighted by atomic mass is 10.0. The molecule has 0 unspecified atom stereocenters. The van der Waals surface area contributed by atoms with E-state index in [1.165, 1.54) is 6.08 Å². The molecule has 0 amide bonds. The number of carbonyl (C=O) groups is 1. The molecule has 0 spiro atoms. The minimum Gasteiger partial charge on any atom is -0.289 e. The van der Waals surface area contributed by atoms with Crippen LogP contribution < -0.4 is 0 Å². The first-order chi connectivity index (χ1) is 9.09. The summed E-state index contributed by atoms with van der Waals surface area (Å²) in [4.78, 5) is 12.1. The van der Waals surface area contributed by atoms with Crippen LogP contribution in [-0.2, 0) is 0 Å². The molecule has 19 heavy (non-hydrogen) atoms. The Labute approximate surface area is 122 Å². The lowest BCUT2D eigenvalue weighted by Gasteiger charge is -2.02. The van der Waals surface area contributed by atoms with Gasteiger partial charge in [-0.15, -0.1) is 0 Å². The maximum Gasteiger partial charge on any atom is 0.186 e. The standard InChI is InChI=1S/C16H12Cl2O/c1-11-5-2-3-6-12(11)16(19)10-9-13-14(17)7-4-8-15(13)18/h2-10H,1H3. The van der Waals surface area contributed by atoms with Gasteiger partial charge in [0.05, 0.1) is 0 Å². The van der Waals surface area contributed by atoms with Crippen LogP contribution >= 0.6 is 23.2 Å². The molecule has 3 heteroatoms. The molecule has 0 aliphatic carbocycles. The van der Waals surface area contributed by atoms with Crippen molar-refractivity contribution in [1.82, 2.24) is 0 Å². The van der Waals surface area contributed by atoms with Gasteiger partial charge in [0.1, 0.15) is 0 Å². The van der Waals surface area contributed by atoms with E-state index in [4.69, 9.17) is 23.2 Å². The zero-order valence-corrected chi connectivity index (χ0v) is 11.9. The molecular weight excluding hydrogens is 279 g/mol. The first-order valence-corrected chi connectivity index (χ1v) is 6.57. The quantitative estimate of drug-likeness (QED) is 0.561. The summed E-state index contributed by atoms with van der Waals surface area (Å²) in [5.74, 6) is -0.0610. The number of carbonyl (C=O) groups excluding carboxylic acids is 1. The second kappa shape index (κ2) is 6.05. The molecule has 0 aliphatic heterocycles. The molecule has 0 aliphatic rings. The van der Waals surface area contributed by atoms with Crippen molar-refractivity contribution in [3.63, 3.8) is 0 Å². The Kier molecular flexibility index (Phi) is 4.41. The predicted molar refractivity (Wildman–Crippen MR) is 81.0 cm³/mol. The Bertz CT molecular complexity index is 625. The molecule has 2 aromatic carbocycles. The van der Waals surface area contributed by atoms with E-state index < -0.39 is 0 Å². The van der Waals surface area contributed by atoms with Gasteiger partial charge in [-0.3, -0.25) is 4.79 Å². The number of hydrogen-bond donors (Lipinski definition) is 0. The Morgan fingerprint density at radius 3 is 2.26 bits per heavy atom. The van der Waals surface area contributed by atoms with Crippen molar-refractivity contribution in [3.8, 4) is 0 Å². The fourth-order valence-corrected chi connectivity index (χ4v) is 2.29. The molecule has 0 atom stereocenters. The van der Waals surface area contributed by atoms with E-state index in [2.05, 4.69) is 0 Å². The Balaban J connectivity index is 2.29. The molecule has 96 valence electrons. The summed E-state index contributed by atoms with van der Waals surface area (Å²) in [6.07, 6.45) is 3.15. The summed E-state index contributed by atoms with van der Waals surface area (Å²) in [6, 6.07) is 12.7. The van der Waals surface area contributed by atoms with Crippen molar-refractivity contribution in [2.24, 2.45) is 0 Å². The minimum absolute atomic E-state index is 0.0610. The number of allylic oxidation sites excluding steroid dienone is 1. The Morgan fingerprint density at radius 1 is 1.00 bits per heavy atom. The van der Waals surface area contributed by atoms with Crippen LogP contribution in [0.3, 0.4) is 0 Å². The highest BCUT2D eigenvalue weighted by molar-refractivity contribution is 6.37. The maximum absolute atomic E-state index is 12.1. The van der Waals surface area contributed by atoms with Crippen molar-refractivity contribution in [2.75, 3.05) is 0 Å². The topological polar surface area (TPSA) is 17.1 Å². The molecule has 2 aromatic rings. The van der Waals surface area contributed by atoms with Crippen LogP contribution in [0.15, 0.2) is 48.5 Å². The van der Waals surface area contributed by atoms with Gasteiger partial charge in [-0.25, -0.2) is 0 Å². The summed E-state index contributed by atoms with van der Waals surface area (Å²) in [5.41, 5.74) is 2.29. The fourth-order valence-electron chi connectivity index (χ4n) is 1.77. The summed E-state index contributed by atoms with van der Waals surface area (Å²) in [7, 11) is 0. The lowest BCUT2D eigenvalue weighted by molar-refractivity contribution is 0.104. The van der Waals surface area contributed by atoms with Crippen molar-refractivity contribution < 1.29 is 4.79 Å². The highest BCUT2D eigenvalue weighted by atomic mass is 35.5. The van der Waals surface area contributed by atoms with E-state index in [-0.39, 0.29) is 5.78 Å². The fraction of sp³-hybridized carbons (Fsp3) is 0.0625. The normalized spacial score (nSPS) is 10.9. The third kappa shape index (κ3) is 3.25. The molecular formula is C16H12Cl2O. The van der Waals surface area contributed by atoms with Crippen molar-refractivity contribution in [3.05, 3.63) is 75.3 Å². The number of ketones is 1. The molecule has 0 N–H and O–H groups in total. The summed E-state index contributed by atoms with van der Waals surface area (Å²) < 4.78 is 0. The van der Waals surface area contributed by atoms with Gasteiger partial charge < -0.3 is 0 Å². The third-order valence-electron chi connectivity index (χ3n) is 2.81. The van der Waals surface area contributed by atoms with Crippen LogP contribution in [0.1, 0.15) is 21.5 Å². The number of aryl methyl sites for hydroxylation is 1. The van der Waals surface area contributed by atoms with Crippen LogP contribution in [0.2, 0.25) is 10.0 Å². The summed E-state index contributed by atoms with van der Waals surface area (Å²) in [5, 5.41) is 1.06. The second-order valence-electron chi connectivity index (χ2n) is 4.15. The third-order valence-corrected chi connectivity index (χ3v) is 3.47. The number of hydrogen-bond acceptors (Lipinski definition) is 1. The molecule has 0 radical (unpaired) electrons. The number of halogens is 2. The predicted octanol–water partition coefficient (Wildman–Crippen LogP) is 5.20. The van der Waals surface area contributed by atoms with Crippen LogP contribution in [0.25, 0.3) is 6.08 Å². The highest BCUT2D eigenvalue weighted by Crippen LogP contribution is 2.25. The zero-order valence-electron chi connectivity index (χ0n) is 10.4. The van der Waals surface area contributed by atoms with Gasteiger partial charge in [-0.05, 0) is 36.8 Å². The first-order valence-electron chi connectivity index (χ1n) is 5.81. The largest absolute Gasteiger partial charge is 0.289 e. The smallest absolute Gasteiger partial charge is 0.186 e. The van der Waals surface area contributed by atoms with Gasteiger partial charge in [-0.1, -0.05) is 53.5 Å². The van der Waals surface area contributed by atoms with Crippen molar-refractivity contribution >= 4 is 35.1 Å². The summed E-state index contributed by atoms with van der Waals surface area (Å²) >= 11 is 12.1. The molecule has 0 heterocycles. The second-order valence-corrected chi connectivity index (χ2v) is 4.96. The van der Waals surface area contributed by atoms with Gasteiger partial charge in [0, 0.05) is 21.2 Å². The molecule has 2 rings (SSSR count). The van der Waals surface area contributed by atoms with Gasteiger partial charge in [0.25, 0.3) is 0 Å². The Morgan fingerprint density at radius 2 is 1.63 bits per heavy atom. The molecule has 0 saturated carbocycles. The van der Waals surface area contributed by atoms with E-state index >= 15 is 0 Å². The van der Waals surface area contributed by atoms with E-state index in [0.29, 0.717) is 21.2 Å². The van der Waals surface area contributed by atoms with Gasteiger partial charge in [-0.2, -0.15) is 0 Å². The average Bonchev–Trinajstić information content (AvgIpc) is 2.38. The summed E-state index contributed by atoms with van der Waals surface area (Å²) in [6.45, 7) is 1.91. The minimum atomic E-state index is -0.0610. The van der Waals surface area contributed by atoms with Crippen LogP contribution in [0.4, 0.5) is 0 Å². The van der Waals surface area contributed by atoms with Crippen LogP contribution in [0.5, 0.6) is 0 Å². The van der Waals surface area contributed by atoms with E-state index in [1.54, 1.807) is 30.3 Å². The van der Waals surface area contributed by atoms with Gasteiger partial charge in [0.15, 0.2) is 5.78 Å². The first kappa shape index (κ1) is 13.9. The van der Waals surface area contributed by atoms with E-state index in [9.17, 15) is 4.79 Å². The number of benzene rings is 2. The maximum atomic E-state index is 12.1. The SMILES string of the molecule is Cc1ccccc1C(=O)C=Cc1c(Cl)cccc1Cl. The van der Waals surface area contributed by atoms with E-state index in [1.807, 2.05) is 25.1 Å². The zero-order chi connectivity index (χ0) is 13.8. The van der Waals surface area contributed by atoms with Gasteiger partial charge >= 0.3 is 0 Å². The van der Waals surface area contributed by atoms with Crippen molar-refractivity contribution in [2.45, 2.75) is 6.92 Å². The monoisotopic (exact) mass is 290 g/mol. The average molecular weight is 291 g/mol. The van der Waals surface area contributed by atoms with Crippen molar-refractivity contribution in [1.29, 1.82) is 0 Å². The Hall–Kier alpha value is -1.57. The highest BCUT2D eigenvalue weighted by Gasteiger charge is 2.06. The lowest BCUT2D eigenvalue weighted by Crippen LogP contribution is -1.97. The molecule has 0 fully saturated rings. The molecule has 0 bridgehead atoms. The van der Waals surface area contributed by atoms with Crippen LogP contribution in [0, 0.1) is 6.92 Å². The molecule has 0 aromatic heterocycles. The molecule has 1 nitrogen and oxygen atoms in total. The number of rotatable bonds is 3. The van der Waals surface area contributed by atoms with Gasteiger partial charge in [0.2, 0.25) is 0 Å². The van der Waals surface area contributed by atoms with Crippen LogP contribution in [-0.4, -0.2) is 5.78 Å². The molecule has 0 saturated heterocycles. The van der Waals surface area contributed by atoms with E-state index in [0.717, 1.165) is 5.56 Å².